The molecule has 0 saturated carbocycles. The van der Waals surface area contributed by atoms with Gasteiger partial charge in [0.25, 0.3) is 0 Å². The molecule has 0 atom stereocenters. The van der Waals surface area contributed by atoms with Crippen LogP contribution in [0.25, 0.3) is 0 Å². The van der Waals surface area contributed by atoms with E-state index in [0.29, 0.717) is 0 Å². The van der Waals surface area contributed by atoms with Gasteiger partial charge in [-0.1, -0.05) is 0 Å². The predicted octanol–water partition coefficient (Wildman–Crippen LogP) is 0.222. The second-order valence-corrected chi connectivity index (χ2v) is 0.785. The zero-order valence-corrected chi connectivity index (χ0v) is 3.94. The highest BCUT2D eigenvalue weighted by Gasteiger charge is 2.11. The smallest absolute Gasteiger partial charge is 0.323 e. The fourth-order valence-corrected chi connectivity index (χ4v) is 0.105. The molecule has 0 aromatic heterocycles. The summed E-state index contributed by atoms with van der Waals surface area (Å²) >= 11 is 0. The first kappa shape index (κ1) is 7.66. The van der Waals surface area contributed by atoms with E-state index in [1.54, 1.807) is 0 Å². The first-order chi connectivity index (χ1) is 4.20. The van der Waals surface area contributed by atoms with Gasteiger partial charge < -0.3 is 4.74 Å². The number of hydrogen-bond donors (Lipinski definition) is 2. The SMILES string of the molecule is O=C(OO)OC(=O)OO. The normalized spacial score (nSPS) is 7.78. The van der Waals surface area contributed by atoms with Gasteiger partial charge in [-0.05, 0) is 0 Å². The van der Waals surface area contributed by atoms with Gasteiger partial charge in [-0.15, -0.1) is 0 Å². The molecule has 0 bridgehead atoms. The van der Waals surface area contributed by atoms with Crippen molar-refractivity contribution in [3.05, 3.63) is 0 Å². The third-order valence-electron chi connectivity index (χ3n) is 0.316. The lowest BCUT2D eigenvalue weighted by Gasteiger charge is -1.92. The highest BCUT2D eigenvalue weighted by atomic mass is 17.2. The van der Waals surface area contributed by atoms with Gasteiger partial charge in [0.15, 0.2) is 0 Å². The standard InChI is InChI=1S/C2H2O7/c3-1(8-5)7-2(4)9-6/h5-6H. The molecule has 7 heteroatoms. The minimum atomic E-state index is -1.69. The summed E-state index contributed by atoms with van der Waals surface area (Å²) in [6.07, 6.45) is -3.37. The Hall–Kier alpha value is -1.34. The Morgan fingerprint density at radius 2 is 1.33 bits per heavy atom. The highest BCUT2D eigenvalue weighted by molar-refractivity contribution is 5.75. The summed E-state index contributed by atoms with van der Waals surface area (Å²) in [6.45, 7) is 0. The van der Waals surface area contributed by atoms with Gasteiger partial charge in [0.1, 0.15) is 0 Å². The highest BCUT2D eigenvalue weighted by Crippen LogP contribution is 1.84. The second-order valence-electron chi connectivity index (χ2n) is 0.785. The Morgan fingerprint density at radius 1 is 1.00 bits per heavy atom. The Bertz CT molecular complexity index is 102. The van der Waals surface area contributed by atoms with Crippen molar-refractivity contribution in [3.8, 4) is 0 Å². The van der Waals surface area contributed by atoms with Crippen LogP contribution in [0, 0.1) is 0 Å². The van der Waals surface area contributed by atoms with Crippen LogP contribution in [0.15, 0.2) is 0 Å². The van der Waals surface area contributed by atoms with Crippen molar-refractivity contribution in [2.45, 2.75) is 0 Å². The quantitative estimate of drug-likeness (QED) is 0.213. The van der Waals surface area contributed by atoms with E-state index in [9.17, 15) is 9.59 Å². The molecule has 2 N–H and O–H groups in total. The van der Waals surface area contributed by atoms with Crippen molar-refractivity contribution in [3.63, 3.8) is 0 Å². The predicted molar refractivity (Wildman–Crippen MR) is 19.3 cm³/mol. The largest absolute Gasteiger partial charge is 0.550 e. The van der Waals surface area contributed by atoms with Gasteiger partial charge in [0.05, 0.1) is 0 Å². The molecule has 9 heavy (non-hydrogen) atoms. The van der Waals surface area contributed by atoms with E-state index in [0.717, 1.165) is 0 Å². The summed E-state index contributed by atoms with van der Waals surface area (Å²) in [7, 11) is 0. The van der Waals surface area contributed by atoms with Crippen molar-refractivity contribution in [1.29, 1.82) is 0 Å². The van der Waals surface area contributed by atoms with Crippen molar-refractivity contribution < 1.29 is 34.6 Å². The van der Waals surface area contributed by atoms with E-state index >= 15 is 0 Å². The molecule has 0 saturated heterocycles. The minimum absolute atomic E-state index is 1.69. The average molecular weight is 138 g/mol. The third kappa shape index (κ3) is 3.26. The zero-order valence-electron chi connectivity index (χ0n) is 3.94. The van der Waals surface area contributed by atoms with Gasteiger partial charge >= 0.3 is 12.3 Å². The molecule has 0 heterocycles. The molecule has 0 aromatic rings. The van der Waals surface area contributed by atoms with Crippen LogP contribution in [0.2, 0.25) is 0 Å². The van der Waals surface area contributed by atoms with Gasteiger partial charge in [-0.2, -0.15) is 10.5 Å². The van der Waals surface area contributed by atoms with E-state index in [-0.39, 0.29) is 0 Å². The first-order valence-corrected chi connectivity index (χ1v) is 1.59. The Kier molecular flexibility index (Phi) is 3.09. The molecule has 0 spiro atoms. The van der Waals surface area contributed by atoms with Gasteiger partial charge in [0.2, 0.25) is 0 Å². The van der Waals surface area contributed by atoms with E-state index in [2.05, 4.69) is 14.5 Å². The molecule has 0 aliphatic heterocycles. The summed E-state index contributed by atoms with van der Waals surface area (Å²) in [5, 5.41) is 14.8. The van der Waals surface area contributed by atoms with E-state index in [1.807, 2.05) is 0 Å². The van der Waals surface area contributed by atoms with Crippen LogP contribution in [0.5, 0.6) is 0 Å². The van der Waals surface area contributed by atoms with Crippen molar-refractivity contribution in [2.75, 3.05) is 0 Å². The molecule has 0 amide bonds. The number of carbonyl (C=O) groups excluding carboxylic acids is 2. The number of hydrogen-bond acceptors (Lipinski definition) is 7. The summed E-state index contributed by atoms with van der Waals surface area (Å²) in [5.41, 5.74) is 0. The lowest BCUT2D eigenvalue weighted by molar-refractivity contribution is -0.220. The molecular weight excluding hydrogens is 136 g/mol. The van der Waals surface area contributed by atoms with E-state index < -0.39 is 12.3 Å². The van der Waals surface area contributed by atoms with Crippen LogP contribution < -0.4 is 0 Å². The molecule has 0 aliphatic rings. The minimum Gasteiger partial charge on any atom is -0.323 e. The lowest BCUT2D eigenvalue weighted by Crippen LogP contribution is -2.11. The fourth-order valence-electron chi connectivity index (χ4n) is 0.105. The van der Waals surface area contributed by atoms with Gasteiger partial charge in [-0.25, -0.2) is 9.59 Å². The maximum atomic E-state index is 9.67. The van der Waals surface area contributed by atoms with Crippen LogP contribution in [-0.2, 0) is 14.5 Å². The average Bonchev–Trinajstić information content (AvgIpc) is 1.87. The van der Waals surface area contributed by atoms with Crippen molar-refractivity contribution in [2.24, 2.45) is 0 Å². The molecule has 52 valence electrons. The molecule has 0 aliphatic carbocycles. The maximum absolute atomic E-state index is 9.67. The number of rotatable bonds is 0. The van der Waals surface area contributed by atoms with E-state index in [4.69, 9.17) is 10.5 Å². The lowest BCUT2D eigenvalue weighted by atomic mass is 11.3. The molecule has 0 fully saturated rings. The Balaban J connectivity index is 3.47. The fraction of sp³-hybridized carbons (Fsp3) is 0. The Labute approximate surface area is 48.2 Å². The molecule has 0 rings (SSSR count). The Morgan fingerprint density at radius 3 is 1.56 bits per heavy atom. The van der Waals surface area contributed by atoms with Gasteiger partial charge in [0, 0.05) is 0 Å². The van der Waals surface area contributed by atoms with Crippen LogP contribution in [0.1, 0.15) is 0 Å². The second kappa shape index (κ2) is 3.64. The van der Waals surface area contributed by atoms with Crippen LogP contribution in [-0.4, -0.2) is 22.8 Å². The number of ether oxygens (including phenoxy) is 1. The zero-order chi connectivity index (χ0) is 7.28. The van der Waals surface area contributed by atoms with E-state index in [1.165, 1.54) is 0 Å². The van der Waals surface area contributed by atoms with Crippen LogP contribution in [0.4, 0.5) is 9.59 Å². The van der Waals surface area contributed by atoms with Crippen LogP contribution in [0.3, 0.4) is 0 Å². The third-order valence-corrected chi connectivity index (χ3v) is 0.316. The summed E-state index contributed by atoms with van der Waals surface area (Å²) < 4.78 is 3.33. The topological polar surface area (TPSA) is 102 Å². The molecule has 0 aromatic carbocycles. The maximum Gasteiger partial charge on any atom is 0.550 e. The molecule has 7 nitrogen and oxygen atoms in total. The van der Waals surface area contributed by atoms with Crippen molar-refractivity contribution in [1.82, 2.24) is 0 Å². The first-order valence-electron chi connectivity index (χ1n) is 1.59. The monoisotopic (exact) mass is 138 g/mol. The van der Waals surface area contributed by atoms with Crippen molar-refractivity contribution >= 4 is 12.3 Å². The molecule has 0 unspecified atom stereocenters. The molecular formula is C2H2O7. The van der Waals surface area contributed by atoms with Gasteiger partial charge in [-0.3, -0.25) is 9.78 Å². The summed E-state index contributed by atoms with van der Waals surface area (Å²) in [4.78, 5) is 25.0. The van der Waals surface area contributed by atoms with Crippen LogP contribution >= 0.6 is 0 Å². The number of carbonyl (C=O) groups is 2. The molecule has 0 radical (unpaired) electrons. The summed E-state index contributed by atoms with van der Waals surface area (Å²) in [5.74, 6) is 0. The summed E-state index contributed by atoms with van der Waals surface area (Å²) in [6, 6.07) is 0.